The summed E-state index contributed by atoms with van der Waals surface area (Å²) in [5.41, 5.74) is -0.240. The second-order valence-electron chi connectivity index (χ2n) is 4.66. The van der Waals surface area contributed by atoms with Crippen LogP contribution < -0.4 is 0 Å². The average Bonchev–Trinajstić information content (AvgIpc) is 2.47. The highest BCUT2D eigenvalue weighted by atomic mass is 32.2. The molecule has 1 rings (SSSR count). The second-order valence-corrected chi connectivity index (χ2v) is 6.92. The molecule has 2 unspecified atom stereocenters. The minimum atomic E-state index is -2.97. The largest absolute Gasteiger partial charge is 0.481 e. The van der Waals surface area contributed by atoms with Gasteiger partial charge in [-0.05, 0) is 17.8 Å². The van der Waals surface area contributed by atoms with Crippen LogP contribution in [0.25, 0.3) is 0 Å². The van der Waals surface area contributed by atoms with Crippen LogP contribution in [0, 0.1) is 17.3 Å². The highest BCUT2D eigenvalue weighted by molar-refractivity contribution is 7.90. The van der Waals surface area contributed by atoms with Gasteiger partial charge in [-0.25, -0.2) is 8.42 Å². The van der Waals surface area contributed by atoms with Crippen molar-refractivity contribution in [3.05, 3.63) is 0 Å². The van der Waals surface area contributed by atoms with Crippen molar-refractivity contribution in [3.63, 3.8) is 0 Å². The molecule has 0 amide bonds. The molecule has 14 heavy (non-hydrogen) atoms. The molecule has 0 aromatic heterocycles. The van der Waals surface area contributed by atoms with E-state index in [0.29, 0.717) is 6.42 Å². The van der Waals surface area contributed by atoms with Gasteiger partial charge in [0.2, 0.25) is 0 Å². The molecule has 0 bridgehead atoms. The third kappa shape index (κ3) is 2.26. The van der Waals surface area contributed by atoms with E-state index in [1.165, 1.54) is 6.26 Å². The molecule has 0 aromatic carbocycles. The molecule has 0 radical (unpaired) electrons. The fourth-order valence-electron chi connectivity index (χ4n) is 2.11. The molecule has 1 aliphatic carbocycles. The predicted octanol–water partition coefficient (Wildman–Crippen LogP) is 0.778. The number of sulfone groups is 1. The Kier molecular flexibility index (Phi) is 2.65. The number of carboxylic acid groups (broad SMARTS) is 1. The van der Waals surface area contributed by atoms with Gasteiger partial charge in [-0.2, -0.15) is 0 Å². The van der Waals surface area contributed by atoms with Crippen molar-refractivity contribution in [1.29, 1.82) is 0 Å². The van der Waals surface area contributed by atoms with Gasteiger partial charge in [-0.1, -0.05) is 13.8 Å². The maximum Gasteiger partial charge on any atom is 0.307 e. The number of carboxylic acids is 1. The number of rotatable bonds is 4. The maximum atomic E-state index is 10.9. The molecule has 1 N–H and O–H groups in total. The SMILES string of the molecule is CC1(C)C(CCS(C)(=O)=O)C1C(=O)O. The maximum absolute atomic E-state index is 10.9. The first kappa shape index (κ1) is 11.5. The van der Waals surface area contributed by atoms with Crippen molar-refractivity contribution < 1.29 is 18.3 Å². The molecule has 0 spiro atoms. The average molecular weight is 220 g/mol. The van der Waals surface area contributed by atoms with Gasteiger partial charge < -0.3 is 5.11 Å². The molecule has 0 aliphatic heterocycles. The van der Waals surface area contributed by atoms with Gasteiger partial charge in [-0.3, -0.25) is 4.79 Å². The summed E-state index contributed by atoms with van der Waals surface area (Å²) in [5.74, 6) is -1.09. The van der Waals surface area contributed by atoms with Crippen molar-refractivity contribution in [2.75, 3.05) is 12.0 Å². The molecule has 1 aliphatic rings. The molecular weight excluding hydrogens is 204 g/mol. The van der Waals surface area contributed by atoms with E-state index in [4.69, 9.17) is 5.11 Å². The van der Waals surface area contributed by atoms with Gasteiger partial charge in [0.1, 0.15) is 9.84 Å². The van der Waals surface area contributed by atoms with E-state index in [2.05, 4.69) is 0 Å². The molecule has 0 heterocycles. The third-order valence-corrected chi connectivity index (χ3v) is 4.09. The van der Waals surface area contributed by atoms with Crippen molar-refractivity contribution >= 4 is 15.8 Å². The zero-order valence-electron chi connectivity index (χ0n) is 8.65. The monoisotopic (exact) mass is 220 g/mol. The smallest absolute Gasteiger partial charge is 0.307 e. The van der Waals surface area contributed by atoms with E-state index >= 15 is 0 Å². The number of aliphatic carboxylic acids is 1. The van der Waals surface area contributed by atoms with Gasteiger partial charge in [0.25, 0.3) is 0 Å². The van der Waals surface area contributed by atoms with Crippen LogP contribution in [0.4, 0.5) is 0 Å². The lowest BCUT2D eigenvalue weighted by Gasteiger charge is -2.00. The summed E-state index contributed by atoms with van der Waals surface area (Å²) in [5, 5.41) is 8.84. The van der Waals surface area contributed by atoms with Gasteiger partial charge in [0.05, 0.1) is 11.7 Å². The molecule has 4 nitrogen and oxygen atoms in total. The molecule has 5 heteroatoms. The normalized spacial score (nSPS) is 29.9. The molecule has 82 valence electrons. The van der Waals surface area contributed by atoms with E-state index < -0.39 is 15.8 Å². The van der Waals surface area contributed by atoms with Crippen molar-refractivity contribution in [1.82, 2.24) is 0 Å². The van der Waals surface area contributed by atoms with E-state index in [0.717, 1.165) is 0 Å². The molecule has 1 saturated carbocycles. The Morgan fingerprint density at radius 3 is 2.21 bits per heavy atom. The van der Waals surface area contributed by atoms with Crippen LogP contribution in [-0.4, -0.2) is 31.5 Å². The van der Waals surface area contributed by atoms with Crippen LogP contribution in [0.3, 0.4) is 0 Å². The standard InChI is InChI=1S/C9H16O4S/c1-9(2)6(7(9)8(10)11)4-5-14(3,12)13/h6-7H,4-5H2,1-3H3,(H,10,11). The predicted molar refractivity (Wildman–Crippen MR) is 52.7 cm³/mol. The lowest BCUT2D eigenvalue weighted by atomic mass is 10.1. The minimum Gasteiger partial charge on any atom is -0.481 e. The summed E-state index contributed by atoms with van der Waals surface area (Å²) < 4.78 is 21.8. The van der Waals surface area contributed by atoms with Gasteiger partial charge in [0, 0.05) is 6.26 Å². The van der Waals surface area contributed by atoms with E-state index in [1.807, 2.05) is 13.8 Å². The third-order valence-electron chi connectivity index (χ3n) is 3.12. The summed E-state index contributed by atoms with van der Waals surface area (Å²) in [4.78, 5) is 10.8. The van der Waals surface area contributed by atoms with Crippen LogP contribution in [-0.2, 0) is 14.6 Å². The highest BCUT2D eigenvalue weighted by Gasteiger charge is 2.61. The van der Waals surface area contributed by atoms with E-state index in [1.54, 1.807) is 0 Å². The fraction of sp³-hybridized carbons (Fsp3) is 0.889. The summed E-state index contributed by atoms with van der Waals surface area (Å²) >= 11 is 0. The summed E-state index contributed by atoms with van der Waals surface area (Å²) in [7, 11) is -2.97. The zero-order chi connectivity index (χ0) is 11.1. The van der Waals surface area contributed by atoms with Crippen LogP contribution >= 0.6 is 0 Å². The van der Waals surface area contributed by atoms with Crippen LogP contribution in [0.5, 0.6) is 0 Å². The molecular formula is C9H16O4S. The molecule has 1 fully saturated rings. The topological polar surface area (TPSA) is 71.4 Å². The number of hydrogen-bond acceptors (Lipinski definition) is 3. The Balaban J connectivity index is 2.54. The minimum absolute atomic E-state index is 0.00900. The first-order valence-electron chi connectivity index (χ1n) is 4.57. The fourth-order valence-corrected chi connectivity index (χ4v) is 2.80. The van der Waals surface area contributed by atoms with Crippen molar-refractivity contribution in [2.45, 2.75) is 20.3 Å². The first-order valence-corrected chi connectivity index (χ1v) is 6.63. The quantitative estimate of drug-likeness (QED) is 0.760. The van der Waals surface area contributed by atoms with Crippen LogP contribution in [0.2, 0.25) is 0 Å². The molecule has 0 saturated heterocycles. The second kappa shape index (κ2) is 3.22. The van der Waals surface area contributed by atoms with Crippen LogP contribution in [0.1, 0.15) is 20.3 Å². The zero-order valence-corrected chi connectivity index (χ0v) is 9.47. The Morgan fingerprint density at radius 1 is 1.43 bits per heavy atom. The Bertz CT molecular complexity index is 342. The first-order chi connectivity index (χ1) is 6.16. The molecule has 0 aromatic rings. The lowest BCUT2D eigenvalue weighted by Crippen LogP contribution is -2.06. The number of carbonyl (C=O) groups is 1. The summed E-state index contributed by atoms with van der Waals surface area (Å²) in [6.07, 6.45) is 1.64. The summed E-state index contributed by atoms with van der Waals surface area (Å²) in [6.45, 7) is 3.75. The Hall–Kier alpha value is -0.580. The van der Waals surface area contributed by atoms with Crippen LogP contribution in [0.15, 0.2) is 0 Å². The van der Waals surface area contributed by atoms with Gasteiger partial charge >= 0.3 is 5.97 Å². The van der Waals surface area contributed by atoms with Gasteiger partial charge in [-0.15, -0.1) is 0 Å². The van der Waals surface area contributed by atoms with Crippen molar-refractivity contribution in [2.24, 2.45) is 17.3 Å². The Labute approximate surface area is 84.2 Å². The van der Waals surface area contributed by atoms with Gasteiger partial charge in [0.15, 0.2) is 0 Å². The summed E-state index contributed by atoms with van der Waals surface area (Å²) in [6, 6.07) is 0. The number of hydrogen-bond donors (Lipinski definition) is 1. The van der Waals surface area contributed by atoms with E-state index in [-0.39, 0.29) is 23.0 Å². The van der Waals surface area contributed by atoms with Crippen molar-refractivity contribution in [3.8, 4) is 0 Å². The van der Waals surface area contributed by atoms with E-state index in [9.17, 15) is 13.2 Å². The lowest BCUT2D eigenvalue weighted by molar-refractivity contribution is -0.139. The Morgan fingerprint density at radius 2 is 1.93 bits per heavy atom. The highest BCUT2D eigenvalue weighted by Crippen LogP contribution is 2.60. The molecule has 2 atom stereocenters.